The minimum absolute atomic E-state index is 0.252. The lowest BCUT2D eigenvalue weighted by Crippen LogP contribution is -2.17. The smallest absolute Gasteiger partial charge is 0.406 e. The molecule has 7 heteroatoms. The van der Waals surface area contributed by atoms with Gasteiger partial charge in [0.05, 0.1) is 5.01 Å². The highest BCUT2D eigenvalue weighted by Gasteiger charge is 2.31. The van der Waals surface area contributed by atoms with Crippen LogP contribution in [0.25, 0.3) is 0 Å². The quantitative estimate of drug-likeness (QED) is 0.939. The van der Waals surface area contributed by atoms with Gasteiger partial charge in [0.25, 0.3) is 0 Å². The summed E-state index contributed by atoms with van der Waals surface area (Å²) in [6.45, 7) is 0. The van der Waals surface area contributed by atoms with E-state index in [1.165, 1.54) is 35.6 Å². The van der Waals surface area contributed by atoms with Gasteiger partial charge in [0.2, 0.25) is 0 Å². The maximum Gasteiger partial charge on any atom is 0.573 e. The molecule has 0 saturated heterocycles. The maximum atomic E-state index is 12.0. The molecule has 1 unspecified atom stereocenters. The SMILES string of the molecule is NC(Cc1nccs1)c1ccc(OC(F)(F)F)cc1. The Morgan fingerprint density at radius 2 is 1.95 bits per heavy atom. The minimum Gasteiger partial charge on any atom is -0.406 e. The molecule has 102 valence electrons. The molecule has 0 amide bonds. The molecule has 0 bridgehead atoms. The number of alkyl halides is 3. The van der Waals surface area contributed by atoms with Gasteiger partial charge in [-0.25, -0.2) is 4.98 Å². The van der Waals surface area contributed by atoms with Crippen LogP contribution in [0.2, 0.25) is 0 Å². The van der Waals surface area contributed by atoms with E-state index in [0.717, 1.165) is 10.6 Å². The van der Waals surface area contributed by atoms with E-state index >= 15 is 0 Å². The van der Waals surface area contributed by atoms with E-state index in [4.69, 9.17) is 5.73 Å². The summed E-state index contributed by atoms with van der Waals surface area (Å²) in [6, 6.07) is 5.26. The molecule has 0 fully saturated rings. The number of benzene rings is 1. The summed E-state index contributed by atoms with van der Waals surface area (Å²) in [7, 11) is 0. The molecule has 1 atom stereocenters. The zero-order valence-corrected chi connectivity index (χ0v) is 10.5. The van der Waals surface area contributed by atoms with Gasteiger partial charge in [-0.2, -0.15) is 0 Å². The van der Waals surface area contributed by atoms with Gasteiger partial charge in [-0.1, -0.05) is 12.1 Å². The van der Waals surface area contributed by atoms with Crippen LogP contribution in [0.5, 0.6) is 5.75 Å². The summed E-state index contributed by atoms with van der Waals surface area (Å²) < 4.78 is 39.8. The second-order valence-electron chi connectivity index (χ2n) is 3.85. The third kappa shape index (κ3) is 4.22. The van der Waals surface area contributed by atoms with Gasteiger partial charge in [-0.3, -0.25) is 0 Å². The van der Waals surface area contributed by atoms with Crippen molar-refractivity contribution in [3.05, 3.63) is 46.4 Å². The molecular weight excluding hydrogens is 277 g/mol. The summed E-state index contributed by atoms with van der Waals surface area (Å²) in [6.07, 6.45) is -2.44. The fourth-order valence-electron chi connectivity index (χ4n) is 1.58. The lowest BCUT2D eigenvalue weighted by atomic mass is 10.1. The van der Waals surface area contributed by atoms with Crippen molar-refractivity contribution < 1.29 is 17.9 Å². The van der Waals surface area contributed by atoms with Crippen molar-refractivity contribution in [3.63, 3.8) is 0 Å². The van der Waals surface area contributed by atoms with Gasteiger partial charge in [0, 0.05) is 24.0 Å². The Hall–Kier alpha value is -1.60. The highest BCUT2D eigenvalue weighted by Crippen LogP contribution is 2.25. The fourth-order valence-corrected chi connectivity index (χ4v) is 2.25. The molecule has 1 aromatic heterocycles. The third-order valence-electron chi connectivity index (χ3n) is 2.42. The van der Waals surface area contributed by atoms with Crippen LogP contribution in [0.1, 0.15) is 16.6 Å². The molecule has 2 rings (SSSR count). The van der Waals surface area contributed by atoms with Crippen LogP contribution in [-0.2, 0) is 6.42 Å². The maximum absolute atomic E-state index is 12.0. The van der Waals surface area contributed by atoms with Gasteiger partial charge < -0.3 is 10.5 Å². The molecule has 0 radical (unpaired) electrons. The normalized spacial score (nSPS) is 13.3. The van der Waals surface area contributed by atoms with Crippen molar-refractivity contribution >= 4 is 11.3 Å². The predicted molar refractivity (Wildman–Crippen MR) is 65.9 cm³/mol. The Morgan fingerprint density at radius 3 is 2.47 bits per heavy atom. The van der Waals surface area contributed by atoms with Crippen LogP contribution in [0.15, 0.2) is 35.8 Å². The van der Waals surface area contributed by atoms with Gasteiger partial charge in [-0.15, -0.1) is 24.5 Å². The van der Waals surface area contributed by atoms with Gasteiger partial charge in [0.1, 0.15) is 5.75 Å². The number of aromatic nitrogens is 1. The van der Waals surface area contributed by atoms with Gasteiger partial charge in [-0.05, 0) is 17.7 Å². The van der Waals surface area contributed by atoms with Crippen molar-refractivity contribution in [3.8, 4) is 5.75 Å². The predicted octanol–water partition coefficient (Wildman–Crippen LogP) is 3.28. The van der Waals surface area contributed by atoms with Crippen LogP contribution in [0.3, 0.4) is 0 Å². The molecule has 0 spiro atoms. The van der Waals surface area contributed by atoms with Crippen molar-refractivity contribution in [1.29, 1.82) is 0 Å². The van der Waals surface area contributed by atoms with E-state index in [0.29, 0.717) is 6.42 Å². The Kier molecular flexibility index (Phi) is 4.06. The molecule has 19 heavy (non-hydrogen) atoms. The minimum atomic E-state index is -4.68. The van der Waals surface area contributed by atoms with Crippen molar-refractivity contribution in [2.75, 3.05) is 0 Å². The van der Waals surface area contributed by atoms with Crippen LogP contribution >= 0.6 is 11.3 Å². The molecule has 0 aliphatic rings. The van der Waals surface area contributed by atoms with Gasteiger partial charge in [0.15, 0.2) is 0 Å². The monoisotopic (exact) mass is 288 g/mol. The Bertz CT molecular complexity index is 511. The van der Waals surface area contributed by atoms with Crippen LogP contribution in [0, 0.1) is 0 Å². The molecule has 1 aromatic carbocycles. The van der Waals surface area contributed by atoms with E-state index < -0.39 is 6.36 Å². The average molecular weight is 288 g/mol. The summed E-state index contributed by atoms with van der Waals surface area (Å²) in [5, 5.41) is 2.74. The zero-order chi connectivity index (χ0) is 13.9. The number of nitrogens with zero attached hydrogens (tertiary/aromatic N) is 1. The number of ether oxygens (including phenoxy) is 1. The topological polar surface area (TPSA) is 48.1 Å². The molecule has 0 aliphatic heterocycles. The zero-order valence-electron chi connectivity index (χ0n) is 9.72. The summed E-state index contributed by atoms with van der Waals surface area (Å²) in [5.74, 6) is -0.252. The van der Waals surface area contributed by atoms with E-state index in [1.807, 2.05) is 5.38 Å². The summed E-state index contributed by atoms with van der Waals surface area (Å²) in [4.78, 5) is 4.11. The second kappa shape index (κ2) is 5.58. The molecule has 0 aliphatic carbocycles. The highest BCUT2D eigenvalue weighted by atomic mass is 32.1. The van der Waals surface area contributed by atoms with E-state index in [1.54, 1.807) is 6.20 Å². The Labute approximate surface area is 111 Å². The number of hydrogen-bond donors (Lipinski definition) is 1. The largest absolute Gasteiger partial charge is 0.573 e. The lowest BCUT2D eigenvalue weighted by molar-refractivity contribution is -0.274. The first-order valence-corrected chi connectivity index (χ1v) is 6.31. The standard InChI is InChI=1S/C12H11F3N2OS/c13-12(14,15)18-9-3-1-8(2-4-9)10(16)7-11-17-5-6-19-11/h1-6,10H,7,16H2. The number of thiazole rings is 1. The van der Waals surface area contributed by atoms with Gasteiger partial charge >= 0.3 is 6.36 Å². The first-order chi connectivity index (χ1) is 8.94. The van der Waals surface area contributed by atoms with E-state index in [9.17, 15) is 13.2 Å². The fraction of sp³-hybridized carbons (Fsp3) is 0.250. The number of hydrogen-bond acceptors (Lipinski definition) is 4. The first kappa shape index (κ1) is 13.8. The number of nitrogens with two attached hydrogens (primary N) is 1. The van der Waals surface area contributed by atoms with Crippen molar-refractivity contribution in [2.24, 2.45) is 5.73 Å². The van der Waals surface area contributed by atoms with Crippen molar-refractivity contribution in [1.82, 2.24) is 4.98 Å². The molecule has 3 nitrogen and oxygen atoms in total. The summed E-state index contributed by atoms with van der Waals surface area (Å²) in [5.41, 5.74) is 6.71. The average Bonchev–Trinajstić information content (AvgIpc) is 2.80. The van der Waals surface area contributed by atoms with Crippen LogP contribution in [0.4, 0.5) is 13.2 Å². The van der Waals surface area contributed by atoms with E-state index in [-0.39, 0.29) is 11.8 Å². The van der Waals surface area contributed by atoms with E-state index in [2.05, 4.69) is 9.72 Å². The number of rotatable bonds is 4. The molecule has 2 N–H and O–H groups in total. The summed E-state index contributed by atoms with van der Waals surface area (Å²) >= 11 is 1.49. The number of halogens is 3. The highest BCUT2D eigenvalue weighted by molar-refractivity contribution is 7.09. The molecule has 2 aromatic rings. The molecule has 0 saturated carbocycles. The van der Waals surface area contributed by atoms with Crippen molar-refractivity contribution in [2.45, 2.75) is 18.8 Å². The first-order valence-electron chi connectivity index (χ1n) is 5.44. The van der Waals surface area contributed by atoms with Crippen LogP contribution < -0.4 is 10.5 Å². The molecule has 1 heterocycles. The Balaban J connectivity index is 2.01. The molecular formula is C12H11F3N2OS. The lowest BCUT2D eigenvalue weighted by Gasteiger charge is -2.12. The Morgan fingerprint density at radius 1 is 1.26 bits per heavy atom. The second-order valence-corrected chi connectivity index (χ2v) is 4.83. The third-order valence-corrected chi connectivity index (χ3v) is 3.22. The van der Waals surface area contributed by atoms with Crippen LogP contribution in [-0.4, -0.2) is 11.3 Å².